The Labute approximate surface area is 169 Å². The van der Waals surface area contributed by atoms with Gasteiger partial charge in [0.2, 0.25) is 0 Å². The van der Waals surface area contributed by atoms with E-state index >= 15 is 0 Å². The van der Waals surface area contributed by atoms with Gasteiger partial charge in [-0.25, -0.2) is 9.52 Å². The highest BCUT2D eigenvalue weighted by atomic mass is 35.5. The molecular weight excluding hydrogens is 400 g/mol. The van der Waals surface area contributed by atoms with Crippen LogP contribution < -0.4 is 10.0 Å². The number of carbonyl (C=O) groups excluding carboxylic acids is 1. The van der Waals surface area contributed by atoms with Gasteiger partial charge in [-0.1, -0.05) is 11.6 Å². The minimum atomic E-state index is -4.06. The highest BCUT2D eigenvalue weighted by molar-refractivity contribution is 7.90. The van der Waals surface area contributed by atoms with E-state index in [1.807, 2.05) is 26.0 Å². The Balaban J connectivity index is 1.57. The second-order valence-corrected chi connectivity index (χ2v) is 9.86. The average molecular weight is 423 g/mol. The molecule has 1 aromatic carbocycles. The lowest BCUT2D eigenvalue weighted by Gasteiger charge is -2.17. The number of anilines is 1. The maximum atomic E-state index is 12.5. The van der Waals surface area contributed by atoms with Crippen molar-refractivity contribution in [2.24, 2.45) is 0 Å². The Morgan fingerprint density at radius 2 is 1.75 bits per heavy atom. The molecule has 28 heavy (non-hydrogen) atoms. The van der Waals surface area contributed by atoms with E-state index in [9.17, 15) is 13.2 Å². The van der Waals surface area contributed by atoms with E-state index < -0.39 is 16.1 Å². The fourth-order valence-corrected chi connectivity index (χ4v) is 4.37. The molecule has 0 spiro atoms. The van der Waals surface area contributed by atoms with Crippen LogP contribution in [-0.4, -0.2) is 24.2 Å². The number of nitrogens with zero attached hydrogens (tertiary/aromatic N) is 2. The van der Waals surface area contributed by atoms with Gasteiger partial charge in [-0.3, -0.25) is 4.68 Å². The number of carbonyl (C=O) groups is 1. The molecule has 9 heteroatoms. The summed E-state index contributed by atoms with van der Waals surface area (Å²) in [7, 11) is -4.06. The first-order valence-electron chi connectivity index (χ1n) is 9.47. The molecule has 2 aromatic rings. The molecule has 7 nitrogen and oxygen atoms in total. The summed E-state index contributed by atoms with van der Waals surface area (Å²) in [5.74, 6) is 0.731. The Kier molecular flexibility index (Phi) is 4.87. The normalized spacial score (nSPS) is 17.0. The summed E-state index contributed by atoms with van der Waals surface area (Å²) < 4.78 is 28.6. The summed E-state index contributed by atoms with van der Waals surface area (Å²) in [4.78, 5) is 12.5. The topological polar surface area (TPSA) is 93.1 Å². The van der Waals surface area contributed by atoms with Crippen molar-refractivity contribution in [1.82, 2.24) is 14.5 Å². The number of benzene rings is 1. The fourth-order valence-electron chi connectivity index (χ4n) is 3.29. The van der Waals surface area contributed by atoms with E-state index in [1.165, 1.54) is 10.7 Å². The zero-order valence-corrected chi connectivity index (χ0v) is 17.3. The molecular formula is C19H23ClN4O3S. The number of halogens is 1. The molecule has 2 aliphatic carbocycles. The van der Waals surface area contributed by atoms with Crippen LogP contribution in [0.25, 0.3) is 0 Å². The minimum absolute atomic E-state index is 0.0223. The lowest BCUT2D eigenvalue weighted by molar-refractivity contribution is 0.256. The van der Waals surface area contributed by atoms with Gasteiger partial charge in [-0.15, -0.1) is 0 Å². The molecule has 2 fully saturated rings. The lowest BCUT2D eigenvalue weighted by atomic mass is 10.00. The van der Waals surface area contributed by atoms with Gasteiger partial charge in [-0.05, 0) is 80.7 Å². The number of sulfonamides is 1. The van der Waals surface area contributed by atoms with Crippen molar-refractivity contribution in [3.8, 4) is 0 Å². The zero-order valence-electron chi connectivity index (χ0n) is 15.8. The Morgan fingerprint density at radius 1 is 1.18 bits per heavy atom. The van der Waals surface area contributed by atoms with Gasteiger partial charge in [0.15, 0.2) is 5.03 Å². The molecule has 0 unspecified atom stereocenters. The van der Waals surface area contributed by atoms with Crippen LogP contribution in [0.5, 0.6) is 0 Å². The molecule has 2 N–H and O–H groups in total. The average Bonchev–Trinajstić information content (AvgIpc) is 3.53. The van der Waals surface area contributed by atoms with Crippen molar-refractivity contribution in [2.75, 3.05) is 5.32 Å². The van der Waals surface area contributed by atoms with Crippen LogP contribution in [0.15, 0.2) is 29.4 Å². The number of aromatic nitrogens is 2. The van der Waals surface area contributed by atoms with E-state index in [0.29, 0.717) is 22.5 Å². The molecule has 150 valence electrons. The van der Waals surface area contributed by atoms with Crippen molar-refractivity contribution in [1.29, 1.82) is 0 Å². The Hall–Kier alpha value is -2.06. The molecule has 0 radical (unpaired) electrons. The first-order chi connectivity index (χ1) is 13.2. The van der Waals surface area contributed by atoms with Gasteiger partial charge in [0.25, 0.3) is 10.0 Å². The van der Waals surface area contributed by atoms with Gasteiger partial charge in [0, 0.05) is 22.9 Å². The third-order valence-corrected chi connectivity index (χ3v) is 6.49. The highest BCUT2D eigenvalue weighted by Crippen LogP contribution is 2.51. The van der Waals surface area contributed by atoms with Gasteiger partial charge in [0.05, 0.1) is 0 Å². The number of hydrogen-bond donors (Lipinski definition) is 2. The van der Waals surface area contributed by atoms with Gasteiger partial charge < -0.3 is 5.32 Å². The zero-order chi connectivity index (χ0) is 20.1. The monoisotopic (exact) mass is 422 g/mol. The van der Waals surface area contributed by atoms with Crippen molar-refractivity contribution in [2.45, 2.75) is 62.4 Å². The van der Waals surface area contributed by atoms with Crippen molar-refractivity contribution >= 4 is 33.3 Å². The highest BCUT2D eigenvalue weighted by Gasteiger charge is 2.34. The van der Waals surface area contributed by atoms with Crippen molar-refractivity contribution < 1.29 is 13.2 Å². The van der Waals surface area contributed by atoms with E-state index in [4.69, 9.17) is 11.6 Å². The van der Waals surface area contributed by atoms with Crippen LogP contribution in [0, 0.1) is 0 Å². The number of rotatable bonds is 6. The van der Waals surface area contributed by atoms with E-state index in [0.717, 1.165) is 36.8 Å². The summed E-state index contributed by atoms with van der Waals surface area (Å²) in [6.07, 6.45) is 5.77. The van der Waals surface area contributed by atoms with Gasteiger partial charge in [0.1, 0.15) is 0 Å². The smallest absolute Gasteiger partial charge is 0.307 e. The third kappa shape index (κ3) is 4.03. The van der Waals surface area contributed by atoms with Crippen LogP contribution in [0.1, 0.15) is 68.5 Å². The lowest BCUT2D eigenvalue weighted by Crippen LogP contribution is -2.35. The predicted octanol–water partition coefficient (Wildman–Crippen LogP) is 4.38. The molecule has 1 heterocycles. The summed E-state index contributed by atoms with van der Waals surface area (Å²) >= 11 is 6.28. The summed E-state index contributed by atoms with van der Waals surface area (Å²) in [6.45, 7) is 3.78. The quantitative estimate of drug-likeness (QED) is 0.722. The van der Waals surface area contributed by atoms with Gasteiger partial charge in [-0.2, -0.15) is 13.5 Å². The molecule has 2 saturated carbocycles. The largest absolute Gasteiger partial charge is 0.333 e. The molecule has 4 rings (SSSR count). The first kappa shape index (κ1) is 19.3. The van der Waals surface area contributed by atoms with Crippen molar-refractivity contribution in [3.05, 3.63) is 40.5 Å². The summed E-state index contributed by atoms with van der Waals surface area (Å²) in [6, 6.07) is 4.36. The summed E-state index contributed by atoms with van der Waals surface area (Å²) in [5, 5.41) is 7.29. The second-order valence-electron chi connectivity index (χ2n) is 7.80. The molecule has 0 atom stereocenters. The second kappa shape index (κ2) is 7.08. The SMILES string of the molecule is CC(C)n1ccc(S(=O)(=O)NC(=O)Nc2c(C3CC3)cc(Cl)cc2C2CC2)n1. The number of amides is 2. The van der Waals surface area contributed by atoms with Crippen LogP contribution in [0.4, 0.5) is 10.5 Å². The number of nitrogens with one attached hydrogen (secondary N) is 2. The van der Waals surface area contributed by atoms with Crippen LogP contribution >= 0.6 is 11.6 Å². The molecule has 0 aliphatic heterocycles. The number of hydrogen-bond acceptors (Lipinski definition) is 4. The van der Waals surface area contributed by atoms with Crippen LogP contribution in [0.3, 0.4) is 0 Å². The summed E-state index contributed by atoms with van der Waals surface area (Å²) in [5.41, 5.74) is 2.69. The van der Waals surface area contributed by atoms with Crippen molar-refractivity contribution in [3.63, 3.8) is 0 Å². The molecule has 2 amide bonds. The van der Waals surface area contributed by atoms with E-state index in [-0.39, 0.29) is 11.1 Å². The molecule has 2 aliphatic rings. The van der Waals surface area contributed by atoms with Crippen LogP contribution in [-0.2, 0) is 10.0 Å². The predicted molar refractivity (Wildman–Crippen MR) is 107 cm³/mol. The van der Waals surface area contributed by atoms with E-state index in [2.05, 4.69) is 15.1 Å². The third-order valence-electron chi connectivity index (χ3n) is 5.05. The fraction of sp³-hybridized carbons (Fsp3) is 0.474. The number of urea groups is 1. The molecule has 0 bridgehead atoms. The standard InChI is InChI=1S/C19H23ClN4O3S/c1-11(2)24-8-7-17(22-24)28(26,27)23-19(25)21-18-15(12-3-4-12)9-14(20)10-16(18)13-5-6-13/h7-13H,3-6H2,1-2H3,(H2,21,23,25). The first-order valence-corrected chi connectivity index (χ1v) is 11.3. The Bertz CT molecular complexity index is 991. The Morgan fingerprint density at radius 3 is 2.21 bits per heavy atom. The maximum Gasteiger partial charge on any atom is 0.333 e. The van der Waals surface area contributed by atoms with E-state index in [1.54, 1.807) is 6.20 Å². The minimum Gasteiger partial charge on any atom is -0.307 e. The van der Waals surface area contributed by atoms with Crippen LogP contribution in [0.2, 0.25) is 5.02 Å². The molecule has 1 aromatic heterocycles. The molecule has 0 saturated heterocycles. The van der Waals surface area contributed by atoms with Gasteiger partial charge >= 0.3 is 6.03 Å². The maximum absolute atomic E-state index is 12.5.